The molecule has 308 valence electrons. The fourth-order valence-electron chi connectivity index (χ4n) is 12.1. The Balaban J connectivity index is 1.16. The Morgan fingerprint density at radius 3 is 2.19 bits per heavy atom. The number of Topliss-reactive ketones (excluding diaryl/α,β-unsaturated/α-hetero) is 1. The van der Waals surface area contributed by atoms with Crippen molar-refractivity contribution in [1.29, 1.82) is 0 Å². The average Bonchev–Trinajstić information content (AvgIpc) is 3.47. The van der Waals surface area contributed by atoms with Gasteiger partial charge in [-0.15, -0.1) is 13.2 Å². The molecule has 3 aromatic rings. The van der Waals surface area contributed by atoms with Gasteiger partial charge in [0.2, 0.25) is 0 Å². The van der Waals surface area contributed by atoms with E-state index in [-0.39, 0.29) is 47.9 Å². The molecule has 0 saturated heterocycles. The zero-order valence-electron chi connectivity index (χ0n) is 33.5. The van der Waals surface area contributed by atoms with E-state index in [0.717, 1.165) is 24.0 Å². The number of ketones is 1. The molecule has 6 aliphatic rings. The van der Waals surface area contributed by atoms with E-state index in [9.17, 15) is 33.0 Å². The number of rotatable bonds is 10. The highest BCUT2D eigenvalue weighted by Gasteiger charge is 2.74. The van der Waals surface area contributed by atoms with Crippen molar-refractivity contribution in [2.45, 2.75) is 96.4 Å². The summed E-state index contributed by atoms with van der Waals surface area (Å²) in [6, 6.07) is 21.4. The van der Waals surface area contributed by atoms with E-state index in [4.69, 9.17) is 4.74 Å². The molecule has 9 unspecified atom stereocenters. The predicted molar refractivity (Wildman–Crippen MR) is 213 cm³/mol. The van der Waals surface area contributed by atoms with Crippen LogP contribution in [0.5, 0.6) is 11.5 Å². The second-order valence-electron chi connectivity index (χ2n) is 18.0. The number of nitrogens with one attached hydrogen (secondary N) is 1. The van der Waals surface area contributed by atoms with Crippen LogP contribution in [0.4, 0.5) is 18.0 Å². The Morgan fingerprint density at radius 1 is 0.879 bits per heavy atom. The summed E-state index contributed by atoms with van der Waals surface area (Å²) in [5.41, 5.74) is -0.750. The summed E-state index contributed by atoms with van der Waals surface area (Å²) in [7, 11) is 1.59. The first-order chi connectivity index (χ1) is 27.5. The van der Waals surface area contributed by atoms with Crippen molar-refractivity contribution in [2.75, 3.05) is 13.7 Å². The van der Waals surface area contributed by atoms with Gasteiger partial charge in [0, 0.05) is 33.9 Å². The van der Waals surface area contributed by atoms with E-state index >= 15 is 0 Å². The Bertz CT molecular complexity index is 2110. The van der Waals surface area contributed by atoms with Gasteiger partial charge in [-0.3, -0.25) is 4.79 Å². The maximum Gasteiger partial charge on any atom is 0.573 e. The van der Waals surface area contributed by atoms with Crippen molar-refractivity contribution >= 4 is 11.8 Å². The summed E-state index contributed by atoms with van der Waals surface area (Å²) in [6.45, 7) is 6.34. The van der Waals surface area contributed by atoms with Gasteiger partial charge in [0.05, 0.1) is 31.4 Å². The smallest absolute Gasteiger partial charge is 0.497 e. The van der Waals surface area contributed by atoms with Crippen LogP contribution in [0.3, 0.4) is 0 Å². The molecule has 2 bridgehead atoms. The number of methoxy groups -OCH3 is 1. The number of aliphatic hydroxyl groups excluding tert-OH is 1. The summed E-state index contributed by atoms with van der Waals surface area (Å²) in [6.07, 6.45) is 5.87. The summed E-state index contributed by atoms with van der Waals surface area (Å²) < 4.78 is 48.4. The van der Waals surface area contributed by atoms with Crippen LogP contribution >= 0.6 is 0 Å². The number of carbonyl (C=O) groups excluding carboxylic acids is 2. The van der Waals surface area contributed by atoms with Gasteiger partial charge >= 0.3 is 12.4 Å². The van der Waals surface area contributed by atoms with Crippen LogP contribution in [0.15, 0.2) is 103 Å². The largest absolute Gasteiger partial charge is 0.573 e. The zero-order valence-corrected chi connectivity index (χ0v) is 33.5. The van der Waals surface area contributed by atoms with Crippen LogP contribution in [0, 0.1) is 33.5 Å². The molecular weight excluding hydrogens is 746 g/mol. The number of nitrogens with zero attached hydrogens (tertiary/aromatic N) is 1. The molecule has 3 saturated carbocycles. The normalized spacial score (nSPS) is 33.9. The molecular formula is C47H53F3N2O6. The Labute approximate surface area is 338 Å². The molecule has 0 heterocycles. The average molecular weight is 799 g/mol. The Hall–Kier alpha value is -4.61. The number of carbonyl (C=O) groups is 2. The lowest BCUT2D eigenvalue weighted by Gasteiger charge is -2.71. The molecule has 11 heteroatoms. The third-order valence-corrected chi connectivity index (χ3v) is 15.2. The van der Waals surface area contributed by atoms with Gasteiger partial charge in [0.1, 0.15) is 11.5 Å². The lowest BCUT2D eigenvalue weighted by molar-refractivity contribution is -0.274. The minimum absolute atomic E-state index is 0.0282. The third kappa shape index (κ3) is 6.44. The van der Waals surface area contributed by atoms with Crippen LogP contribution < -0.4 is 14.8 Å². The SMILES string of the molecule is COc1ccc(C(=O)C2=CC34C=CC25C(CCC2(C)C5CCC2(O)CN(Cc2ccc(OC(F)(F)F)cc2)C(=O)NC(C)c2ccccc2)C3(C)CCC(O)C4)cc1. The highest BCUT2D eigenvalue weighted by molar-refractivity contribution is 6.10. The van der Waals surface area contributed by atoms with E-state index in [1.54, 1.807) is 36.3 Å². The monoisotopic (exact) mass is 798 g/mol. The number of allylic oxidation sites excluding steroid dienone is 4. The number of halogens is 3. The number of amides is 2. The number of alkyl halides is 3. The quantitative estimate of drug-likeness (QED) is 0.139. The molecule has 2 amide bonds. The molecule has 0 radical (unpaired) electrons. The lowest BCUT2D eigenvalue weighted by Crippen LogP contribution is -2.67. The highest BCUT2D eigenvalue weighted by atomic mass is 19.4. The number of hydrogen-bond donors (Lipinski definition) is 3. The lowest BCUT2D eigenvalue weighted by atomic mass is 9.32. The Morgan fingerprint density at radius 2 is 1.52 bits per heavy atom. The minimum atomic E-state index is -4.84. The Kier molecular flexibility index (Phi) is 9.90. The topological polar surface area (TPSA) is 108 Å². The van der Waals surface area contributed by atoms with Crippen LogP contribution in [-0.4, -0.2) is 58.6 Å². The molecule has 6 aliphatic carbocycles. The van der Waals surface area contributed by atoms with E-state index in [1.807, 2.05) is 37.3 Å². The van der Waals surface area contributed by atoms with Gasteiger partial charge in [0.15, 0.2) is 5.78 Å². The van der Waals surface area contributed by atoms with Gasteiger partial charge in [-0.25, -0.2) is 4.79 Å². The van der Waals surface area contributed by atoms with Crippen LogP contribution in [0.2, 0.25) is 0 Å². The van der Waals surface area contributed by atoms with E-state index in [2.05, 4.69) is 42.1 Å². The standard InChI is InChI=1S/C47H53F3N2O6/c1-30(32-8-6-5-7-9-32)51-41(55)52(28-31-10-14-36(15-11-31)58-47(48,49)50)29-45(56)23-20-39-43(45,3)22-19-38-42(2)21-18-34(53)26-44(42)24-25-46(38,39)37(27-44)40(54)33-12-16-35(57-4)17-13-33/h5-17,24-25,27,30,34,38-39,53,56H,18-23,26,28-29H2,1-4H3,(H,51,55). The summed E-state index contributed by atoms with van der Waals surface area (Å²) in [5, 5.41) is 27.3. The molecule has 0 aromatic heterocycles. The number of benzene rings is 3. The molecule has 3 aromatic carbocycles. The van der Waals surface area contributed by atoms with Crippen molar-refractivity contribution in [1.82, 2.24) is 10.2 Å². The predicted octanol–water partition coefficient (Wildman–Crippen LogP) is 9.34. The molecule has 9 atom stereocenters. The van der Waals surface area contributed by atoms with Crippen molar-refractivity contribution in [3.8, 4) is 11.5 Å². The van der Waals surface area contributed by atoms with Crippen molar-refractivity contribution < 1.29 is 42.4 Å². The van der Waals surface area contributed by atoms with Gasteiger partial charge in [0.25, 0.3) is 0 Å². The van der Waals surface area contributed by atoms with Crippen molar-refractivity contribution in [3.05, 3.63) is 119 Å². The first-order valence-electron chi connectivity index (χ1n) is 20.4. The number of urea groups is 1. The second-order valence-corrected chi connectivity index (χ2v) is 18.0. The maximum absolute atomic E-state index is 14.9. The summed E-state index contributed by atoms with van der Waals surface area (Å²) in [5.74, 6) is 0.159. The molecule has 9 rings (SSSR count). The molecule has 8 nitrogen and oxygen atoms in total. The molecule has 3 N–H and O–H groups in total. The fourth-order valence-corrected chi connectivity index (χ4v) is 12.1. The first kappa shape index (κ1) is 40.2. The first-order valence-corrected chi connectivity index (χ1v) is 20.4. The summed E-state index contributed by atoms with van der Waals surface area (Å²) in [4.78, 5) is 30.9. The van der Waals surface area contributed by atoms with Crippen molar-refractivity contribution in [3.63, 3.8) is 0 Å². The molecule has 0 aliphatic heterocycles. The van der Waals surface area contributed by atoms with Gasteiger partial charge in [-0.1, -0.05) is 74.5 Å². The third-order valence-electron chi connectivity index (χ3n) is 15.2. The molecule has 58 heavy (non-hydrogen) atoms. The molecule has 3 fully saturated rings. The number of fused-ring (bicyclic) bond motifs is 1. The van der Waals surface area contributed by atoms with E-state index in [1.165, 1.54) is 24.3 Å². The van der Waals surface area contributed by atoms with Gasteiger partial charge in [-0.2, -0.15) is 0 Å². The zero-order chi connectivity index (χ0) is 41.3. The van der Waals surface area contributed by atoms with Crippen LogP contribution in [0.1, 0.15) is 93.2 Å². The van der Waals surface area contributed by atoms with E-state index in [0.29, 0.717) is 49.0 Å². The number of ether oxygens (including phenoxy) is 2. The minimum Gasteiger partial charge on any atom is -0.497 e. The van der Waals surface area contributed by atoms with E-state index < -0.39 is 40.3 Å². The number of aliphatic hydroxyl groups is 2. The number of hydrogen-bond acceptors (Lipinski definition) is 6. The van der Waals surface area contributed by atoms with Gasteiger partial charge in [-0.05, 0) is 117 Å². The second kappa shape index (κ2) is 14.3. The van der Waals surface area contributed by atoms with Gasteiger partial charge < -0.3 is 29.9 Å². The maximum atomic E-state index is 14.9. The highest BCUT2D eigenvalue weighted by Crippen LogP contribution is 2.78. The van der Waals surface area contributed by atoms with Crippen LogP contribution in [0.25, 0.3) is 0 Å². The van der Waals surface area contributed by atoms with Crippen LogP contribution in [-0.2, 0) is 6.54 Å². The van der Waals surface area contributed by atoms with Crippen molar-refractivity contribution in [2.24, 2.45) is 33.5 Å². The summed E-state index contributed by atoms with van der Waals surface area (Å²) >= 11 is 0. The molecule has 2 spiro atoms. The fraction of sp³-hybridized carbons (Fsp3) is 0.489.